The number of halogens is 2. The first-order valence-electron chi connectivity index (χ1n) is 4.92. The van der Waals surface area contributed by atoms with Gasteiger partial charge in [-0.2, -0.15) is 0 Å². The number of nitrogens with zero attached hydrogens (tertiary/aromatic N) is 1. The summed E-state index contributed by atoms with van der Waals surface area (Å²) in [7, 11) is 0. The van der Waals surface area contributed by atoms with Crippen molar-refractivity contribution in [3.05, 3.63) is 51.5 Å². The molecule has 0 bridgehead atoms. The molecule has 1 heterocycles. The monoisotopic (exact) mass is 253 g/mol. The first kappa shape index (κ1) is 11.9. The second-order valence-corrected chi connectivity index (χ2v) is 4.42. The highest BCUT2D eigenvalue weighted by molar-refractivity contribution is 7.12. The van der Waals surface area contributed by atoms with E-state index in [1.807, 2.05) is 13.0 Å². The Kier molecular flexibility index (Phi) is 3.28. The molecular formula is C12H9F2NOS. The first-order valence-corrected chi connectivity index (χ1v) is 5.80. The van der Waals surface area contributed by atoms with Crippen molar-refractivity contribution in [1.29, 1.82) is 0 Å². The van der Waals surface area contributed by atoms with Gasteiger partial charge in [0.1, 0.15) is 10.6 Å². The lowest BCUT2D eigenvalue weighted by atomic mass is 10.1. The number of ketones is 1. The number of benzene rings is 1. The summed E-state index contributed by atoms with van der Waals surface area (Å²) >= 11 is 0.946. The van der Waals surface area contributed by atoms with Crippen LogP contribution in [-0.2, 0) is 0 Å². The van der Waals surface area contributed by atoms with Crippen molar-refractivity contribution in [3.8, 4) is 0 Å². The maximum Gasteiger partial charge on any atom is 0.281 e. The lowest BCUT2D eigenvalue weighted by Crippen LogP contribution is -2.03. The van der Waals surface area contributed by atoms with Gasteiger partial charge in [-0.3, -0.25) is 4.79 Å². The number of aryl methyl sites for hydroxylation is 1. The molecule has 1 aromatic carbocycles. The smallest absolute Gasteiger partial charge is 0.281 e. The number of alkyl halides is 2. The fourth-order valence-corrected chi connectivity index (χ4v) is 2.26. The molecular weight excluding hydrogens is 244 g/mol. The lowest BCUT2D eigenvalue weighted by molar-refractivity contribution is 0.102. The minimum absolute atomic E-state index is 0.0191. The minimum atomic E-state index is -2.72. The third-order valence-electron chi connectivity index (χ3n) is 2.29. The number of carbonyl (C=O) groups is 1. The van der Waals surface area contributed by atoms with Crippen LogP contribution in [0.4, 0.5) is 8.78 Å². The quantitative estimate of drug-likeness (QED) is 0.782. The van der Waals surface area contributed by atoms with E-state index < -0.39 is 17.9 Å². The summed E-state index contributed by atoms with van der Waals surface area (Å²) in [4.78, 5) is 15.6. The molecule has 5 heteroatoms. The molecule has 0 unspecified atom stereocenters. The molecule has 0 radical (unpaired) electrons. The van der Waals surface area contributed by atoms with Crippen LogP contribution in [0.25, 0.3) is 0 Å². The summed E-state index contributed by atoms with van der Waals surface area (Å²) in [5, 5.41) is 0. The van der Waals surface area contributed by atoms with Crippen LogP contribution >= 0.6 is 11.3 Å². The minimum Gasteiger partial charge on any atom is -0.288 e. The molecule has 0 saturated heterocycles. The third-order valence-corrected chi connectivity index (χ3v) is 3.13. The number of hydrogen-bond donors (Lipinski definition) is 0. The standard InChI is InChI=1S/C12H9F2NOS/c1-7-3-2-4-8(5-7)10(16)11-9(12(13)14)15-6-17-11/h2-6,12H,1H3. The van der Waals surface area contributed by atoms with Crippen molar-refractivity contribution in [3.63, 3.8) is 0 Å². The molecule has 88 valence electrons. The fourth-order valence-electron chi connectivity index (χ4n) is 1.50. The van der Waals surface area contributed by atoms with Crippen molar-refractivity contribution < 1.29 is 13.6 Å². The van der Waals surface area contributed by atoms with E-state index in [0.717, 1.165) is 16.9 Å². The number of thiazole rings is 1. The maximum absolute atomic E-state index is 12.6. The predicted molar refractivity (Wildman–Crippen MR) is 61.7 cm³/mol. The van der Waals surface area contributed by atoms with Crippen LogP contribution in [0.5, 0.6) is 0 Å². The van der Waals surface area contributed by atoms with E-state index in [9.17, 15) is 13.6 Å². The molecule has 2 rings (SSSR count). The van der Waals surface area contributed by atoms with Gasteiger partial charge in [-0.1, -0.05) is 23.8 Å². The Bertz CT molecular complexity index is 551. The van der Waals surface area contributed by atoms with Crippen LogP contribution in [0.3, 0.4) is 0 Å². The summed E-state index contributed by atoms with van der Waals surface area (Å²) in [5.41, 5.74) is 2.17. The summed E-state index contributed by atoms with van der Waals surface area (Å²) in [6.07, 6.45) is -2.72. The van der Waals surface area contributed by atoms with Gasteiger partial charge >= 0.3 is 0 Å². The zero-order valence-electron chi connectivity index (χ0n) is 8.98. The summed E-state index contributed by atoms with van der Waals surface area (Å²) < 4.78 is 25.2. The van der Waals surface area contributed by atoms with Crippen LogP contribution in [0.15, 0.2) is 29.8 Å². The van der Waals surface area contributed by atoms with Gasteiger partial charge < -0.3 is 0 Å². The van der Waals surface area contributed by atoms with Gasteiger partial charge in [-0.05, 0) is 13.0 Å². The number of aromatic nitrogens is 1. The van der Waals surface area contributed by atoms with Crippen molar-refractivity contribution in [2.75, 3.05) is 0 Å². The third kappa shape index (κ3) is 2.39. The average Bonchev–Trinajstić information content (AvgIpc) is 2.77. The Morgan fingerprint density at radius 1 is 1.41 bits per heavy atom. The lowest BCUT2D eigenvalue weighted by Gasteiger charge is -2.02. The maximum atomic E-state index is 12.6. The van der Waals surface area contributed by atoms with E-state index >= 15 is 0 Å². The Balaban J connectivity index is 2.41. The van der Waals surface area contributed by atoms with Gasteiger partial charge in [0, 0.05) is 5.56 Å². The van der Waals surface area contributed by atoms with Crippen LogP contribution in [-0.4, -0.2) is 10.8 Å². The van der Waals surface area contributed by atoms with E-state index in [4.69, 9.17) is 0 Å². The van der Waals surface area contributed by atoms with E-state index in [1.165, 1.54) is 5.51 Å². The Hall–Kier alpha value is -1.62. The molecule has 0 saturated carbocycles. The van der Waals surface area contributed by atoms with Gasteiger partial charge in [0.25, 0.3) is 6.43 Å². The molecule has 0 aliphatic rings. The summed E-state index contributed by atoms with van der Waals surface area (Å²) in [6, 6.07) is 6.87. The van der Waals surface area contributed by atoms with Gasteiger partial charge in [0.2, 0.25) is 5.78 Å². The number of hydrogen-bond acceptors (Lipinski definition) is 3. The van der Waals surface area contributed by atoms with Crippen LogP contribution in [0.1, 0.15) is 32.9 Å². The Morgan fingerprint density at radius 2 is 2.18 bits per heavy atom. The highest BCUT2D eigenvalue weighted by Gasteiger charge is 2.22. The number of carbonyl (C=O) groups excluding carboxylic acids is 1. The molecule has 1 aromatic heterocycles. The Morgan fingerprint density at radius 3 is 2.82 bits per heavy atom. The van der Waals surface area contributed by atoms with E-state index in [2.05, 4.69) is 4.98 Å². The summed E-state index contributed by atoms with van der Waals surface area (Å²) in [5.74, 6) is -0.397. The summed E-state index contributed by atoms with van der Waals surface area (Å²) in [6.45, 7) is 1.84. The molecule has 0 atom stereocenters. The van der Waals surface area contributed by atoms with Gasteiger partial charge in [0.15, 0.2) is 0 Å². The molecule has 0 aliphatic carbocycles. The zero-order chi connectivity index (χ0) is 12.4. The van der Waals surface area contributed by atoms with Crippen molar-refractivity contribution in [2.45, 2.75) is 13.3 Å². The molecule has 0 spiro atoms. The molecule has 17 heavy (non-hydrogen) atoms. The van der Waals surface area contributed by atoms with E-state index in [1.54, 1.807) is 18.2 Å². The Labute approximate surface area is 101 Å². The van der Waals surface area contributed by atoms with Crippen molar-refractivity contribution >= 4 is 17.1 Å². The average molecular weight is 253 g/mol. The van der Waals surface area contributed by atoms with Crippen molar-refractivity contribution in [2.24, 2.45) is 0 Å². The highest BCUT2D eigenvalue weighted by Crippen LogP contribution is 2.26. The van der Waals surface area contributed by atoms with Crippen LogP contribution in [0.2, 0.25) is 0 Å². The van der Waals surface area contributed by atoms with Crippen molar-refractivity contribution in [1.82, 2.24) is 4.98 Å². The molecule has 0 N–H and O–H groups in total. The zero-order valence-corrected chi connectivity index (χ0v) is 9.80. The molecule has 0 aliphatic heterocycles. The van der Waals surface area contributed by atoms with E-state index in [-0.39, 0.29) is 4.88 Å². The van der Waals surface area contributed by atoms with Crippen LogP contribution < -0.4 is 0 Å². The molecule has 2 nitrogen and oxygen atoms in total. The fraction of sp³-hybridized carbons (Fsp3) is 0.167. The molecule has 2 aromatic rings. The second kappa shape index (κ2) is 4.71. The first-order chi connectivity index (χ1) is 8.09. The normalized spacial score (nSPS) is 10.8. The molecule has 0 amide bonds. The molecule has 0 fully saturated rings. The van der Waals surface area contributed by atoms with Crippen LogP contribution in [0, 0.1) is 6.92 Å². The van der Waals surface area contributed by atoms with Gasteiger partial charge in [-0.25, -0.2) is 13.8 Å². The second-order valence-electron chi connectivity index (χ2n) is 3.57. The highest BCUT2D eigenvalue weighted by atomic mass is 32.1. The topological polar surface area (TPSA) is 30.0 Å². The van der Waals surface area contributed by atoms with Gasteiger partial charge in [-0.15, -0.1) is 11.3 Å². The van der Waals surface area contributed by atoms with Gasteiger partial charge in [0.05, 0.1) is 5.51 Å². The largest absolute Gasteiger partial charge is 0.288 e. The van der Waals surface area contributed by atoms with E-state index in [0.29, 0.717) is 5.56 Å². The predicted octanol–water partition coefficient (Wildman–Crippen LogP) is 3.62. The number of rotatable bonds is 3. The SMILES string of the molecule is Cc1cccc(C(=O)c2scnc2C(F)F)c1.